The standard InChI is InChI=1S/C13H11ClFN3O2S/c14-7-3-1-4-8(15)10(7)11(19)16-13-18-17-12(21-13)9-5-2-6-20-9/h1,3-4,9H,2,5-6H2,(H,16,18,19). The second-order valence-electron chi connectivity index (χ2n) is 4.50. The van der Waals surface area contributed by atoms with Crippen LogP contribution in [0.2, 0.25) is 5.02 Å². The highest BCUT2D eigenvalue weighted by atomic mass is 35.5. The van der Waals surface area contributed by atoms with Gasteiger partial charge in [-0.05, 0) is 25.0 Å². The molecule has 1 aliphatic heterocycles. The highest BCUT2D eigenvalue weighted by molar-refractivity contribution is 7.15. The summed E-state index contributed by atoms with van der Waals surface area (Å²) in [5.41, 5.74) is -0.201. The summed E-state index contributed by atoms with van der Waals surface area (Å²) in [6.45, 7) is 0.705. The highest BCUT2D eigenvalue weighted by Gasteiger charge is 2.23. The summed E-state index contributed by atoms with van der Waals surface area (Å²) in [6, 6.07) is 4.07. The second kappa shape index (κ2) is 6.05. The molecule has 1 aromatic heterocycles. The van der Waals surface area contributed by atoms with Crippen molar-refractivity contribution < 1.29 is 13.9 Å². The van der Waals surface area contributed by atoms with Crippen LogP contribution in [0.3, 0.4) is 0 Å². The number of halogens is 2. The number of ether oxygens (including phenoxy) is 1. The van der Waals surface area contributed by atoms with Crippen molar-refractivity contribution in [3.8, 4) is 0 Å². The quantitative estimate of drug-likeness (QED) is 0.938. The molecular formula is C13H11ClFN3O2S. The Balaban J connectivity index is 1.76. The topological polar surface area (TPSA) is 64.1 Å². The molecule has 1 unspecified atom stereocenters. The van der Waals surface area contributed by atoms with Crippen LogP contribution in [0.1, 0.15) is 34.3 Å². The Bertz CT molecular complexity index is 653. The molecule has 0 aliphatic carbocycles. The maximum atomic E-state index is 13.7. The van der Waals surface area contributed by atoms with Crippen molar-refractivity contribution in [2.24, 2.45) is 0 Å². The van der Waals surface area contributed by atoms with E-state index in [-0.39, 0.29) is 16.7 Å². The van der Waals surface area contributed by atoms with Crippen LogP contribution in [0.15, 0.2) is 18.2 Å². The summed E-state index contributed by atoms with van der Waals surface area (Å²) in [4.78, 5) is 12.1. The Kier molecular flexibility index (Phi) is 4.14. The van der Waals surface area contributed by atoms with Gasteiger partial charge in [-0.1, -0.05) is 29.0 Å². The van der Waals surface area contributed by atoms with Gasteiger partial charge in [0.2, 0.25) is 5.13 Å². The second-order valence-corrected chi connectivity index (χ2v) is 5.91. The molecule has 3 rings (SSSR count). The third-order valence-corrected chi connectivity index (χ3v) is 4.30. The van der Waals surface area contributed by atoms with Crippen LogP contribution in [-0.2, 0) is 4.74 Å². The molecule has 1 atom stereocenters. The van der Waals surface area contributed by atoms with E-state index in [0.29, 0.717) is 16.7 Å². The molecule has 0 radical (unpaired) electrons. The Morgan fingerprint density at radius 1 is 1.48 bits per heavy atom. The number of carbonyl (C=O) groups excluding carboxylic acids is 1. The summed E-state index contributed by atoms with van der Waals surface area (Å²) >= 11 is 7.07. The molecule has 8 heteroatoms. The summed E-state index contributed by atoms with van der Waals surface area (Å²) in [7, 11) is 0. The monoisotopic (exact) mass is 327 g/mol. The normalized spacial score (nSPS) is 17.9. The van der Waals surface area contributed by atoms with Crippen LogP contribution < -0.4 is 5.32 Å². The Morgan fingerprint density at radius 3 is 3.05 bits per heavy atom. The molecule has 5 nitrogen and oxygen atoms in total. The van der Waals surface area contributed by atoms with Gasteiger partial charge in [0, 0.05) is 6.61 Å². The van der Waals surface area contributed by atoms with Crippen LogP contribution in [-0.4, -0.2) is 22.7 Å². The van der Waals surface area contributed by atoms with Gasteiger partial charge in [0.25, 0.3) is 5.91 Å². The summed E-state index contributed by atoms with van der Waals surface area (Å²) in [5.74, 6) is -1.32. The number of hydrogen-bond donors (Lipinski definition) is 1. The van der Waals surface area contributed by atoms with Gasteiger partial charge in [0.1, 0.15) is 16.9 Å². The minimum atomic E-state index is -0.677. The molecule has 2 aromatic rings. The Hall–Kier alpha value is -1.57. The third kappa shape index (κ3) is 3.04. The van der Waals surface area contributed by atoms with Crippen molar-refractivity contribution in [1.82, 2.24) is 10.2 Å². The zero-order valence-electron chi connectivity index (χ0n) is 10.8. The lowest BCUT2D eigenvalue weighted by Crippen LogP contribution is -2.14. The van der Waals surface area contributed by atoms with Gasteiger partial charge in [-0.25, -0.2) is 4.39 Å². The molecule has 1 amide bonds. The number of benzene rings is 1. The van der Waals surface area contributed by atoms with Gasteiger partial charge in [-0.2, -0.15) is 0 Å². The molecule has 0 bridgehead atoms. The number of amides is 1. The van der Waals surface area contributed by atoms with Gasteiger partial charge < -0.3 is 4.74 Å². The number of anilines is 1. The molecule has 21 heavy (non-hydrogen) atoms. The first-order chi connectivity index (χ1) is 10.1. The predicted octanol–water partition coefficient (Wildman–Crippen LogP) is 3.43. The lowest BCUT2D eigenvalue weighted by Gasteiger charge is -2.05. The summed E-state index contributed by atoms with van der Waals surface area (Å²) < 4.78 is 19.2. The number of hydrogen-bond acceptors (Lipinski definition) is 5. The molecule has 110 valence electrons. The van der Waals surface area contributed by atoms with Gasteiger partial charge in [0.05, 0.1) is 10.6 Å². The third-order valence-electron chi connectivity index (χ3n) is 3.06. The van der Waals surface area contributed by atoms with E-state index < -0.39 is 11.7 Å². The van der Waals surface area contributed by atoms with Crippen LogP contribution in [0.25, 0.3) is 0 Å². The van der Waals surface area contributed by atoms with Crippen molar-refractivity contribution in [3.05, 3.63) is 39.6 Å². The maximum Gasteiger partial charge on any atom is 0.261 e. The molecular weight excluding hydrogens is 317 g/mol. The summed E-state index contributed by atoms with van der Waals surface area (Å²) in [5, 5.41) is 11.4. The zero-order chi connectivity index (χ0) is 14.8. The van der Waals surface area contributed by atoms with E-state index in [1.54, 1.807) is 0 Å². The fourth-order valence-electron chi connectivity index (χ4n) is 2.06. The molecule has 0 saturated carbocycles. The van der Waals surface area contributed by atoms with E-state index in [1.165, 1.54) is 29.5 Å². The van der Waals surface area contributed by atoms with Gasteiger partial charge in [-0.3, -0.25) is 10.1 Å². The zero-order valence-corrected chi connectivity index (χ0v) is 12.4. The lowest BCUT2D eigenvalue weighted by atomic mass is 10.2. The van der Waals surface area contributed by atoms with E-state index in [4.69, 9.17) is 16.3 Å². The largest absolute Gasteiger partial charge is 0.371 e. The molecule has 1 aliphatic rings. The highest BCUT2D eigenvalue weighted by Crippen LogP contribution is 2.32. The number of aromatic nitrogens is 2. The molecule has 0 spiro atoms. The van der Waals surface area contributed by atoms with Gasteiger partial charge in [-0.15, -0.1) is 10.2 Å². The van der Waals surface area contributed by atoms with Crippen molar-refractivity contribution in [3.63, 3.8) is 0 Å². The predicted molar refractivity (Wildman–Crippen MR) is 77.2 cm³/mol. The van der Waals surface area contributed by atoms with E-state index in [1.807, 2.05) is 0 Å². The minimum Gasteiger partial charge on any atom is -0.371 e. The summed E-state index contributed by atoms with van der Waals surface area (Å²) in [6.07, 6.45) is 1.81. The van der Waals surface area contributed by atoms with Gasteiger partial charge in [0.15, 0.2) is 0 Å². The molecule has 1 N–H and O–H groups in total. The van der Waals surface area contributed by atoms with Crippen LogP contribution in [0.4, 0.5) is 9.52 Å². The van der Waals surface area contributed by atoms with E-state index in [9.17, 15) is 9.18 Å². The molecule has 1 saturated heterocycles. The van der Waals surface area contributed by atoms with E-state index in [2.05, 4.69) is 15.5 Å². The van der Waals surface area contributed by atoms with Crippen molar-refractivity contribution in [2.75, 3.05) is 11.9 Å². The van der Waals surface area contributed by atoms with E-state index >= 15 is 0 Å². The molecule has 2 heterocycles. The number of rotatable bonds is 3. The van der Waals surface area contributed by atoms with Crippen molar-refractivity contribution >= 4 is 34.0 Å². The Labute approximate surface area is 129 Å². The first-order valence-electron chi connectivity index (χ1n) is 6.35. The first kappa shape index (κ1) is 14.4. The first-order valence-corrected chi connectivity index (χ1v) is 7.55. The van der Waals surface area contributed by atoms with E-state index in [0.717, 1.165) is 12.8 Å². The Morgan fingerprint density at radius 2 is 2.33 bits per heavy atom. The lowest BCUT2D eigenvalue weighted by molar-refractivity contribution is 0.102. The number of carbonyl (C=O) groups is 1. The van der Waals surface area contributed by atoms with Crippen LogP contribution >= 0.6 is 22.9 Å². The van der Waals surface area contributed by atoms with Crippen molar-refractivity contribution in [1.29, 1.82) is 0 Å². The van der Waals surface area contributed by atoms with Crippen molar-refractivity contribution in [2.45, 2.75) is 18.9 Å². The van der Waals surface area contributed by atoms with Crippen LogP contribution in [0, 0.1) is 5.82 Å². The smallest absolute Gasteiger partial charge is 0.261 e. The van der Waals surface area contributed by atoms with Gasteiger partial charge >= 0.3 is 0 Å². The number of nitrogens with zero attached hydrogens (tertiary/aromatic N) is 2. The molecule has 1 aromatic carbocycles. The fraction of sp³-hybridized carbons (Fsp3) is 0.308. The fourth-order valence-corrected chi connectivity index (χ4v) is 3.13. The minimum absolute atomic E-state index is 0.0522. The SMILES string of the molecule is O=C(Nc1nnc(C2CCCO2)s1)c1c(F)cccc1Cl. The van der Waals surface area contributed by atoms with Crippen LogP contribution in [0.5, 0.6) is 0 Å². The number of nitrogens with one attached hydrogen (secondary N) is 1. The molecule has 1 fully saturated rings. The average molecular weight is 328 g/mol. The average Bonchev–Trinajstić information content (AvgIpc) is 3.08. The maximum absolute atomic E-state index is 13.7.